The fourth-order valence-corrected chi connectivity index (χ4v) is 7.69. The lowest BCUT2D eigenvalue weighted by molar-refractivity contribution is -0.385. The molecular weight excluding hydrogens is 879 g/mol. The number of phenols is 2. The van der Waals surface area contributed by atoms with Gasteiger partial charge in [0.05, 0.1) is 34.8 Å². The Bertz CT molecular complexity index is 3210. The summed E-state index contributed by atoms with van der Waals surface area (Å²) < 4.78 is 139. The number of H-pyrrole nitrogens is 1. The van der Waals surface area contributed by atoms with Crippen LogP contribution in [-0.4, -0.2) is 88.5 Å². The molecule has 0 bridgehead atoms. The van der Waals surface area contributed by atoms with Crippen molar-refractivity contribution in [1.82, 2.24) is 9.78 Å². The molecule has 0 saturated carbocycles. The van der Waals surface area contributed by atoms with E-state index in [2.05, 4.69) is 35.8 Å². The Morgan fingerprint density at radius 3 is 1.58 bits per heavy atom. The van der Waals surface area contributed by atoms with Gasteiger partial charge >= 0.3 is 0 Å². The third-order valence-electron chi connectivity index (χ3n) is 7.67. The summed E-state index contributed by atoms with van der Waals surface area (Å²) in [5.74, 6) is -2.91. The SMILES string of the molecule is Cc1[nH]n(CCO)c(=O)c1N=Nc1ccc(N=Nc2c(S(=O)(=O)O)cc3cc(S(=O)(=O)O)c(N=Nc4ccc([N+](=O)[O-])cc4S(=O)(=O)O)c(O)c3c2O)c(S(=O)(=O)O)c1. The lowest BCUT2D eigenvalue weighted by Crippen LogP contribution is -2.18. The van der Waals surface area contributed by atoms with Crippen LogP contribution in [0, 0.1) is 17.0 Å². The van der Waals surface area contributed by atoms with Crippen molar-refractivity contribution in [3.05, 3.63) is 74.7 Å². The van der Waals surface area contributed by atoms with Crippen molar-refractivity contribution in [1.29, 1.82) is 0 Å². The molecule has 0 radical (unpaired) electrons. The molecule has 0 saturated heterocycles. The first-order chi connectivity index (χ1) is 27.2. The van der Waals surface area contributed by atoms with Crippen LogP contribution in [-0.2, 0) is 47.0 Å². The third-order valence-corrected chi connectivity index (χ3v) is 11.2. The van der Waals surface area contributed by atoms with Gasteiger partial charge in [-0.2, -0.15) is 38.8 Å². The molecule has 1 heterocycles. The maximum Gasteiger partial charge on any atom is 0.297 e. The number of aryl methyl sites for hydroxylation is 1. The van der Waals surface area contributed by atoms with Crippen molar-refractivity contribution in [2.75, 3.05) is 6.61 Å². The van der Waals surface area contributed by atoms with Crippen molar-refractivity contribution in [3.8, 4) is 11.5 Å². The van der Waals surface area contributed by atoms with Crippen LogP contribution < -0.4 is 5.56 Å². The lowest BCUT2D eigenvalue weighted by atomic mass is 10.1. The zero-order valence-corrected chi connectivity index (χ0v) is 32.1. The fraction of sp³-hybridized carbons (Fsp3) is 0.107. The third kappa shape index (κ3) is 9.16. The first kappa shape index (κ1) is 43.7. The Hall–Kier alpha value is -6.45. The van der Waals surface area contributed by atoms with Crippen LogP contribution in [0.5, 0.6) is 11.5 Å². The summed E-state index contributed by atoms with van der Waals surface area (Å²) >= 11 is 0. The molecule has 59 heavy (non-hydrogen) atoms. The van der Waals surface area contributed by atoms with Crippen LogP contribution in [0.1, 0.15) is 5.69 Å². The van der Waals surface area contributed by atoms with E-state index in [9.17, 15) is 77.0 Å². The zero-order chi connectivity index (χ0) is 44.0. The van der Waals surface area contributed by atoms with E-state index >= 15 is 0 Å². The highest BCUT2D eigenvalue weighted by atomic mass is 32.2. The second kappa shape index (κ2) is 15.7. The van der Waals surface area contributed by atoms with Gasteiger partial charge in [0.15, 0.2) is 17.2 Å². The number of fused-ring (bicyclic) bond motifs is 1. The topological polar surface area (TPSA) is 433 Å². The number of rotatable bonds is 13. The molecule has 0 fully saturated rings. The van der Waals surface area contributed by atoms with Crippen LogP contribution in [0.4, 0.5) is 39.8 Å². The number of aromatic nitrogens is 2. The minimum absolute atomic E-state index is 0.115. The zero-order valence-electron chi connectivity index (χ0n) is 28.9. The fourth-order valence-electron chi connectivity index (χ4n) is 5.09. The van der Waals surface area contributed by atoms with Crippen molar-refractivity contribution in [3.63, 3.8) is 0 Å². The average Bonchev–Trinajstić information content (AvgIpc) is 3.38. The number of aromatic amines is 1. The van der Waals surface area contributed by atoms with Crippen LogP contribution in [0.3, 0.4) is 0 Å². The van der Waals surface area contributed by atoms with Gasteiger partial charge in [-0.1, -0.05) is 0 Å². The van der Waals surface area contributed by atoms with E-state index in [0.29, 0.717) is 36.4 Å². The maximum atomic E-state index is 12.5. The number of non-ortho nitro benzene ring substituents is 1. The molecule has 0 aliphatic rings. The highest BCUT2D eigenvalue weighted by molar-refractivity contribution is 7.86. The number of phenolic OH excluding ortho intramolecular Hbond substituents is 2. The first-order valence-electron chi connectivity index (χ1n) is 15.3. The Morgan fingerprint density at radius 1 is 0.661 bits per heavy atom. The number of azo groups is 3. The van der Waals surface area contributed by atoms with Gasteiger partial charge in [-0.05, 0) is 48.7 Å². The molecule has 0 atom stereocenters. The molecule has 0 aliphatic heterocycles. The minimum Gasteiger partial charge on any atom is -0.505 e. The van der Waals surface area contributed by atoms with Crippen LogP contribution in [0.25, 0.3) is 10.8 Å². The smallest absolute Gasteiger partial charge is 0.297 e. The van der Waals surface area contributed by atoms with Gasteiger partial charge in [-0.3, -0.25) is 38.2 Å². The largest absolute Gasteiger partial charge is 0.505 e. The van der Waals surface area contributed by atoms with E-state index in [-0.39, 0.29) is 23.6 Å². The number of aromatic hydroxyl groups is 2. The van der Waals surface area contributed by atoms with Gasteiger partial charge in [-0.25, -0.2) is 4.68 Å². The molecule has 0 aliphatic carbocycles. The standard InChI is InChI=1S/C28H23N9O18S4/c1-12-23(28(41)36(35-12)6-7-38)32-29-14-2-4-16(18(10-14)56(44,45)46)30-33-24-20(58(50,51)52)8-13-9-21(59(53,54)55)25(27(40)22(13)26(24)39)34-31-17-5-3-15(37(42)43)11-19(17)57(47,48)49/h2-5,8-11,35,38-40H,6-7H2,1H3,(H,44,45,46)(H,47,48,49)(H,50,51,52)(H,53,54,55). The molecule has 1 aromatic heterocycles. The van der Waals surface area contributed by atoms with Crippen LogP contribution in [0.15, 0.2) is 104 Å². The highest BCUT2D eigenvalue weighted by Gasteiger charge is 2.30. The van der Waals surface area contributed by atoms with Crippen molar-refractivity contribution < 1.29 is 72.1 Å². The summed E-state index contributed by atoms with van der Waals surface area (Å²) in [6.07, 6.45) is 0. The highest BCUT2D eigenvalue weighted by Crippen LogP contribution is 2.50. The molecule has 0 spiro atoms. The first-order valence-corrected chi connectivity index (χ1v) is 21.0. The predicted molar refractivity (Wildman–Crippen MR) is 195 cm³/mol. The van der Waals surface area contributed by atoms with E-state index in [1.807, 2.05) is 0 Å². The molecule has 5 aromatic rings. The minimum atomic E-state index is -5.50. The molecular formula is C28H23N9O18S4. The lowest BCUT2D eigenvalue weighted by Gasteiger charge is -2.13. The number of hydrogen-bond donors (Lipinski definition) is 8. The van der Waals surface area contributed by atoms with Gasteiger partial charge in [0, 0.05) is 12.1 Å². The predicted octanol–water partition coefficient (Wildman–Crippen LogP) is 4.18. The van der Waals surface area contributed by atoms with E-state index in [4.69, 9.17) is 5.11 Å². The Labute approximate surface area is 328 Å². The Morgan fingerprint density at radius 2 is 1.12 bits per heavy atom. The van der Waals surface area contributed by atoms with Crippen molar-refractivity contribution >= 4 is 91.1 Å². The molecule has 5 rings (SSSR count). The second-order valence-corrected chi connectivity index (χ2v) is 17.1. The van der Waals surface area contributed by atoms with E-state index in [1.165, 1.54) is 6.92 Å². The molecule has 0 amide bonds. The summed E-state index contributed by atoms with van der Waals surface area (Å²) in [5, 5.41) is 64.9. The number of nitrogens with one attached hydrogen (secondary N) is 1. The molecule has 27 nitrogen and oxygen atoms in total. The summed E-state index contributed by atoms with van der Waals surface area (Å²) in [6.45, 7) is 0.933. The summed E-state index contributed by atoms with van der Waals surface area (Å²) in [5.41, 5.74) is -6.12. The van der Waals surface area contributed by atoms with Gasteiger partial charge in [-0.15, -0.1) is 25.6 Å². The Balaban J connectivity index is 1.70. The number of nitro benzene ring substituents is 1. The van der Waals surface area contributed by atoms with E-state index in [1.54, 1.807) is 0 Å². The molecule has 312 valence electrons. The van der Waals surface area contributed by atoms with Gasteiger partial charge in [0.25, 0.3) is 51.7 Å². The van der Waals surface area contributed by atoms with Gasteiger partial charge in [0.1, 0.15) is 42.3 Å². The normalized spacial score (nSPS) is 13.1. The Kier molecular flexibility index (Phi) is 11.6. The number of aliphatic hydroxyl groups excluding tert-OH is 1. The monoisotopic (exact) mass is 901 g/mol. The quantitative estimate of drug-likeness (QED) is 0.0355. The average molecular weight is 902 g/mol. The van der Waals surface area contributed by atoms with Crippen molar-refractivity contribution in [2.24, 2.45) is 30.7 Å². The number of nitro groups is 1. The second-order valence-electron chi connectivity index (χ2n) is 11.6. The van der Waals surface area contributed by atoms with Crippen LogP contribution in [0.2, 0.25) is 0 Å². The van der Waals surface area contributed by atoms with Gasteiger partial charge in [0.2, 0.25) is 0 Å². The van der Waals surface area contributed by atoms with Crippen LogP contribution >= 0.6 is 0 Å². The van der Waals surface area contributed by atoms with Crippen molar-refractivity contribution in [2.45, 2.75) is 33.1 Å². The number of benzene rings is 4. The number of hydrogen-bond acceptors (Lipinski definition) is 20. The number of nitrogens with zero attached hydrogens (tertiary/aromatic N) is 8. The molecule has 8 N–H and O–H groups in total. The summed E-state index contributed by atoms with van der Waals surface area (Å²) in [7, 11) is -21.5. The van der Waals surface area contributed by atoms with E-state index in [0.717, 1.165) is 16.8 Å². The maximum absolute atomic E-state index is 12.5. The van der Waals surface area contributed by atoms with Gasteiger partial charge < -0.3 is 15.3 Å². The summed E-state index contributed by atoms with van der Waals surface area (Å²) in [6, 6.07) is 5.04. The molecule has 0 unspecified atom stereocenters. The molecule has 4 aromatic carbocycles. The number of aliphatic hydroxyl groups is 1. The van der Waals surface area contributed by atoms with E-state index < -0.39 is 128 Å². The molecule has 31 heteroatoms. The summed E-state index contributed by atoms with van der Waals surface area (Å²) in [4.78, 5) is 17.5.